The Hall–Kier alpha value is -1.76. The van der Waals surface area contributed by atoms with E-state index in [9.17, 15) is 9.70 Å². The van der Waals surface area contributed by atoms with Crippen molar-refractivity contribution in [2.24, 2.45) is 0 Å². The second kappa shape index (κ2) is 5.08. The zero-order valence-corrected chi connectivity index (χ0v) is 12.4. The van der Waals surface area contributed by atoms with Crippen molar-refractivity contribution in [2.45, 2.75) is 0 Å². The minimum absolute atomic E-state index is 0. The number of hydrogen-bond donors (Lipinski definition) is 0. The molecular weight excluding hydrogens is 355 g/mol. The predicted molar refractivity (Wildman–Crippen MR) is 67.1 cm³/mol. The maximum absolute atomic E-state index is 12.3. The molecule has 0 amide bonds. The van der Waals surface area contributed by atoms with Crippen LogP contribution in [0.1, 0.15) is 10.4 Å². The summed E-state index contributed by atoms with van der Waals surface area (Å²) in [4.78, 5) is 26.2. The van der Waals surface area contributed by atoms with Crippen LogP contribution in [0.25, 0.3) is 0 Å². The first-order chi connectivity index (χ1) is 8.70. The van der Waals surface area contributed by atoms with Crippen LogP contribution >= 0.6 is 0 Å². The molecule has 0 atom stereocenters. The molecule has 0 saturated heterocycles. The Morgan fingerprint density at radius 2 is 1.89 bits per heavy atom. The molecule has 96 valence electrons. The fourth-order valence-corrected chi connectivity index (χ4v) is 2.17. The third-order valence-electron chi connectivity index (χ3n) is 3.08. The van der Waals surface area contributed by atoms with Crippen molar-refractivity contribution >= 4 is 11.5 Å². The Balaban J connectivity index is 0.00000133. The molecule has 2 aliphatic heterocycles. The van der Waals surface area contributed by atoms with E-state index in [0.717, 1.165) is 0 Å². The van der Waals surface area contributed by atoms with Gasteiger partial charge in [-0.15, -0.1) is 0 Å². The maximum atomic E-state index is 12.3. The van der Waals surface area contributed by atoms with E-state index in [1.165, 1.54) is 0 Å². The van der Waals surface area contributed by atoms with Crippen molar-refractivity contribution in [2.75, 3.05) is 7.05 Å². The van der Waals surface area contributed by atoms with Crippen LogP contribution in [0.3, 0.4) is 0 Å². The number of benzene rings is 1. The molecule has 0 aromatic heterocycles. The first-order valence-electron chi connectivity index (χ1n) is 5.63. The average molecular weight is 366 g/mol. The van der Waals surface area contributed by atoms with Gasteiger partial charge in [-0.3, -0.25) is 4.79 Å². The highest BCUT2D eigenvalue weighted by Gasteiger charge is 2.45. The van der Waals surface area contributed by atoms with Gasteiger partial charge in [-0.05, 0) is 18.2 Å². The Kier molecular flexibility index (Phi) is 3.66. The smallest absolute Gasteiger partial charge is 0.334 e. The quantitative estimate of drug-likeness (QED) is 0.354. The summed E-state index contributed by atoms with van der Waals surface area (Å²) in [7, 11) is 1.81. The lowest BCUT2D eigenvalue weighted by Gasteiger charge is -2.16. The number of Topliss-reactive ketones (excluding diaryl/α,β-unsaturated/α-hetero) is 1. The summed E-state index contributed by atoms with van der Waals surface area (Å²) < 4.78 is 0.715. The highest BCUT2D eigenvalue weighted by molar-refractivity contribution is 6.13. The Bertz CT molecular complexity index is 622. The molecule has 19 heavy (non-hydrogen) atoms. The minimum atomic E-state index is -0.220. The van der Waals surface area contributed by atoms with Gasteiger partial charge in [0.25, 0.3) is 11.5 Å². The molecule has 2 aliphatic rings. The van der Waals surface area contributed by atoms with Gasteiger partial charge in [0, 0.05) is 24.2 Å². The van der Waals surface area contributed by atoms with Crippen LogP contribution in [-0.4, -0.2) is 22.5 Å². The highest BCUT2D eigenvalue weighted by Crippen LogP contribution is 2.34. The molecule has 2 heterocycles. The van der Waals surface area contributed by atoms with Gasteiger partial charge in [0.05, 0.1) is 4.76 Å². The number of allylic oxidation sites excluding steroid dienone is 4. The van der Waals surface area contributed by atoms with Crippen molar-refractivity contribution in [1.82, 2.24) is 4.90 Å². The Morgan fingerprint density at radius 3 is 2.58 bits per heavy atom. The number of rotatable bonds is 0. The van der Waals surface area contributed by atoms with E-state index in [1.807, 2.05) is 25.4 Å². The molecule has 4 nitrogen and oxygen atoms in total. The average Bonchev–Trinajstić information content (AvgIpc) is 2.64. The number of hydrogen-bond acceptors (Lipinski definition) is 3. The van der Waals surface area contributed by atoms with E-state index in [-0.39, 0.29) is 35.5 Å². The molecule has 0 aliphatic carbocycles. The van der Waals surface area contributed by atoms with Crippen LogP contribution in [0, 0.1) is 4.91 Å². The van der Waals surface area contributed by atoms with Gasteiger partial charge in [0.2, 0.25) is 0 Å². The molecule has 0 spiro atoms. The van der Waals surface area contributed by atoms with Crippen molar-refractivity contribution in [3.05, 3.63) is 70.6 Å². The van der Waals surface area contributed by atoms with Crippen molar-refractivity contribution < 1.29 is 33.5 Å². The van der Waals surface area contributed by atoms with Crippen LogP contribution in [0.2, 0.25) is 0 Å². The number of para-hydroxylation sites is 1. The van der Waals surface area contributed by atoms with Gasteiger partial charge in [-0.1, -0.05) is 18.2 Å². The van der Waals surface area contributed by atoms with Crippen LogP contribution in [0.15, 0.2) is 60.1 Å². The normalized spacial score (nSPS) is 20.6. The topological polar surface area (TPSA) is 40.4 Å². The SMILES string of the molecule is CN1C=CC=CC1=C1C(=O)c2ccccc2[N+]1=O.[I-]. The first kappa shape index (κ1) is 13.7. The number of ketones is 1. The summed E-state index contributed by atoms with van der Waals surface area (Å²) in [6, 6.07) is 6.86. The summed E-state index contributed by atoms with van der Waals surface area (Å²) in [5.74, 6) is -0.220. The van der Waals surface area contributed by atoms with Gasteiger partial charge in [-0.25, -0.2) is 0 Å². The second-order valence-electron chi connectivity index (χ2n) is 4.19. The molecule has 0 unspecified atom stereocenters. The van der Waals surface area contributed by atoms with E-state index in [1.54, 1.807) is 35.2 Å². The monoisotopic (exact) mass is 366 g/mol. The van der Waals surface area contributed by atoms with Crippen molar-refractivity contribution in [1.29, 1.82) is 0 Å². The fraction of sp³-hybridized carbons (Fsp3) is 0.0714. The Morgan fingerprint density at radius 1 is 1.16 bits per heavy atom. The minimum Gasteiger partial charge on any atom is -1.00 e. The van der Waals surface area contributed by atoms with E-state index in [0.29, 0.717) is 21.7 Å². The second-order valence-corrected chi connectivity index (χ2v) is 4.19. The fourth-order valence-electron chi connectivity index (χ4n) is 2.17. The molecule has 0 fully saturated rings. The lowest BCUT2D eigenvalue weighted by atomic mass is 10.1. The largest absolute Gasteiger partial charge is 1.00 e. The van der Waals surface area contributed by atoms with E-state index < -0.39 is 0 Å². The lowest BCUT2D eigenvalue weighted by Crippen LogP contribution is -3.00. The summed E-state index contributed by atoms with van der Waals surface area (Å²) in [5.41, 5.74) is 1.68. The number of carbonyl (C=O) groups is 1. The molecule has 1 aromatic carbocycles. The van der Waals surface area contributed by atoms with Gasteiger partial charge < -0.3 is 28.9 Å². The third kappa shape index (κ3) is 2.03. The number of nitroso groups, excluding NO2 is 1. The maximum Gasteiger partial charge on any atom is 0.334 e. The summed E-state index contributed by atoms with van der Waals surface area (Å²) in [6.07, 6.45) is 7.24. The summed E-state index contributed by atoms with van der Waals surface area (Å²) >= 11 is 0. The van der Waals surface area contributed by atoms with E-state index in [2.05, 4.69) is 0 Å². The lowest BCUT2D eigenvalue weighted by molar-refractivity contribution is -0.395. The van der Waals surface area contributed by atoms with Gasteiger partial charge in [0.1, 0.15) is 11.3 Å². The summed E-state index contributed by atoms with van der Waals surface area (Å²) in [5, 5.41) is 0. The van der Waals surface area contributed by atoms with Crippen LogP contribution in [0.4, 0.5) is 5.69 Å². The van der Waals surface area contributed by atoms with Gasteiger partial charge in [0.15, 0.2) is 0 Å². The molecule has 0 saturated carbocycles. The van der Waals surface area contributed by atoms with Crippen LogP contribution in [0.5, 0.6) is 0 Å². The van der Waals surface area contributed by atoms with E-state index >= 15 is 0 Å². The molecule has 0 bridgehead atoms. The zero-order valence-electron chi connectivity index (χ0n) is 10.2. The number of likely N-dealkylation sites (N-methyl/N-ethyl adjacent to an activating group) is 1. The summed E-state index contributed by atoms with van der Waals surface area (Å²) in [6.45, 7) is 0. The molecule has 3 rings (SSSR count). The predicted octanol–water partition coefficient (Wildman–Crippen LogP) is -0.476. The van der Waals surface area contributed by atoms with E-state index in [4.69, 9.17) is 0 Å². The molecule has 0 N–H and O–H groups in total. The number of halogens is 1. The van der Waals surface area contributed by atoms with Crippen molar-refractivity contribution in [3.8, 4) is 0 Å². The Labute approximate surface area is 127 Å². The molecule has 1 aromatic rings. The number of nitrogens with zero attached hydrogens (tertiary/aromatic N) is 2. The molecular formula is C14H11IN2O2. The first-order valence-corrected chi connectivity index (χ1v) is 5.63. The molecule has 5 heteroatoms. The third-order valence-corrected chi connectivity index (χ3v) is 3.08. The number of carbonyl (C=O) groups excluding carboxylic acids is 1. The van der Waals surface area contributed by atoms with Crippen LogP contribution in [-0.2, 0) is 0 Å². The van der Waals surface area contributed by atoms with Gasteiger partial charge in [-0.2, -0.15) is 0 Å². The molecule has 0 radical (unpaired) electrons. The highest BCUT2D eigenvalue weighted by atomic mass is 127. The standard InChI is InChI=1S/C14H11N2O2.HI/c1-15-9-5-4-8-12(15)13-14(17)10-6-2-3-7-11(10)16(13)18;/h2-9H,1H3;1H/q+1;/p-1. The number of fused-ring (bicyclic) bond motifs is 1. The van der Waals surface area contributed by atoms with Crippen LogP contribution < -0.4 is 24.0 Å². The zero-order chi connectivity index (χ0) is 12.7. The van der Waals surface area contributed by atoms with Gasteiger partial charge >= 0.3 is 5.70 Å². The van der Waals surface area contributed by atoms with Crippen molar-refractivity contribution in [3.63, 3.8) is 0 Å².